The van der Waals surface area contributed by atoms with Crippen LogP contribution in [0.4, 0.5) is 5.69 Å². The highest BCUT2D eigenvalue weighted by atomic mass is 79.9. The molecule has 7 heteroatoms. The van der Waals surface area contributed by atoms with Gasteiger partial charge in [0.2, 0.25) is 0 Å². The summed E-state index contributed by atoms with van der Waals surface area (Å²) in [4.78, 5) is 22.0. The molecule has 0 saturated carbocycles. The largest absolute Gasteiger partial charge is 0.351 e. The number of nitrogens with one attached hydrogen (secondary N) is 1. The van der Waals surface area contributed by atoms with E-state index < -0.39 is 4.92 Å². The SMILES string of the molecule is CCCC(Cl)CNC(=O)c1cc(Br)cc([N+](=O)[O-])c1. The van der Waals surface area contributed by atoms with Gasteiger partial charge in [0, 0.05) is 28.7 Å². The number of hydrogen-bond donors (Lipinski definition) is 1. The Morgan fingerprint density at radius 1 is 1.53 bits per heavy atom. The van der Waals surface area contributed by atoms with Crippen LogP contribution in [0.1, 0.15) is 30.1 Å². The van der Waals surface area contributed by atoms with E-state index in [4.69, 9.17) is 11.6 Å². The number of rotatable bonds is 6. The quantitative estimate of drug-likeness (QED) is 0.485. The Labute approximate surface area is 124 Å². The molecule has 19 heavy (non-hydrogen) atoms. The van der Waals surface area contributed by atoms with E-state index in [-0.39, 0.29) is 22.5 Å². The van der Waals surface area contributed by atoms with Crippen LogP contribution in [0.25, 0.3) is 0 Å². The average molecular weight is 350 g/mol. The fourth-order valence-electron chi connectivity index (χ4n) is 1.53. The van der Waals surface area contributed by atoms with Crippen LogP contribution in [0.15, 0.2) is 22.7 Å². The molecule has 1 rings (SSSR count). The molecule has 0 radical (unpaired) electrons. The lowest BCUT2D eigenvalue weighted by Crippen LogP contribution is -2.29. The van der Waals surface area contributed by atoms with Crippen molar-refractivity contribution in [1.82, 2.24) is 5.32 Å². The van der Waals surface area contributed by atoms with Crippen LogP contribution in [0.5, 0.6) is 0 Å². The summed E-state index contributed by atoms with van der Waals surface area (Å²) in [5.74, 6) is -0.369. The molecule has 1 aromatic carbocycles. The second-order valence-corrected chi connectivity index (χ2v) is 5.58. The van der Waals surface area contributed by atoms with Crippen LogP contribution in [-0.4, -0.2) is 22.8 Å². The molecule has 1 N–H and O–H groups in total. The highest BCUT2D eigenvalue weighted by Gasteiger charge is 2.14. The third-order valence-electron chi connectivity index (χ3n) is 2.44. The molecule has 1 aromatic rings. The van der Waals surface area contributed by atoms with Crippen LogP contribution in [0.3, 0.4) is 0 Å². The number of nitrogens with zero attached hydrogens (tertiary/aromatic N) is 1. The van der Waals surface area contributed by atoms with Gasteiger partial charge in [-0.1, -0.05) is 29.3 Å². The topological polar surface area (TPSA) is 72.2 Å². The van der Waals surface area contributed by atoms with Gasteiger partial charge in [0.1, 0.15) is 0 Å². The number of nitro groups is 1. The third kappa shape index (κ3) is 5.16. The van der Waals surface area contributed by atoms with Crippen molar-refractivity contribution < 1.29 is 9.72 Å². The zero-order chi connectivity index (χ0) is 14.4. The fraction of sp³-hybridized carbons (Fsp3) is 0.417. The van der Waals surface area contributed by atoms with E-state index in [2.05, 4.69) is 21.2 Å². The Balaban J connectivity index is 2.74. The Hall–Kier alpha value is -1.14. The van der Waals surface area contributed by atoms with E-state index in [0.717, 1.165) is 12.8 Å². The molecule has 104 valence electrons. The van der Waals surface area contributed by atoms with Gasteiger partial charge in [-0.05, 0) is 12.5 Å². The van der Waals surface area contributed by atoms with Crippen molar-refractivity contribution in [2.75, 3.05) is 6.54 Å². The molecule has 1 amide bonds. The maximum atomic E-state index is 11.9. The Morgan fingerprint density at radius 3 is 2.79 bits per heavy atom. The van der Waals surface area contributed by atoms with Crippen LogP contribution >= 0.6 is 27.5 Å². The summed E-state index contributed by atoms with van der Waals surface area (Å²) < 4.78 is 0.489. The van der Waals surface area contributed by atoms with E-state index in [0.29, 0.717) is 11.0 Å². The van der Waals surface area contributed by atoms with Crippen molar-refractivity contribution in [2.45, 2.75) is 25.1 Å². The Bertz CT molecular complexity index is 482. The van der Waals surface area contributed by atoms with Crippen LogP contribution < -0.4 is 5.32 Å². The zero-order valence-corrected chi connectivity index (χ0v) is 12.7. The number of halogens is 2. The van der Waals surface area contributed by atoms with Crippen molar-refractivity contribution in [2.24, 2.45) is 0 Å². The summed E-state index contributed by atoms with van der Waals surface area (Å²) in [6.45, 7) is 2.35. The summed E-state index contributed by atoms with van der Waals surface area (Å²) in [5.41, 5.74) is 0.108. The average Bonchev–Trinajstić information content (AvgIpc) is 2.35. The maximum absolute atomic E-state index is 11.9. The molecule has 0 fully saturated rings. The normalized spacial score (nSPS) is 11.9. The molecule has 0 bridgehead atoms. The highest BCUT2D eigenvalue weighted by Crippen LogP contribution is 2.21. The summed E-state index contributed by atoms with van der Waals surface area (Å²) in [5, 5.41) is 13.2. The molecular formula is C12H14BrClN2O3. The van der Waals surface area contributed by atoms with Crippen molar-refractivity contribution in [3.8, 4) is 0 Å². The zero-order valence-electron chi connectivity index (χ0n) is 10.4. The van der Waals surface area contributed by atoms with Crippen LogP contribution in [0, 0.1) is 10.1 Å². The third-order valence-corrected chi connectivity index (χ3v) is 3.27. The first-order valence-electron chi connectivity index (χ1n) is 5.81. The van der Waals surface area contributed by atoms with Gasteiger partial charge in [-0.3, -0.25) is 14.9 Å². The van der Waals surface area contributed by atoms with E-state index in [9.17, 15) is 14.9 Å². The monoisotopic (exact) mass is 348 g/mol. The van der Waals surface area contributed by atoms with E-state index in [1.165, 1.54) is 18.2 Å². The van der Waals surface area contributed by atoms with E-state index in [1.54, 1.807) is 0 Å². The number of carbonyl (C=O) groups is 1. The van der Waals surface area contributed by atoms with Crippen molar-refractivity contribution >= 4 is 39.1 Å². The summed E-state index contributed by atoms with van der Waals surface area (Å²) in [6, 6.07) is 4.12. The molecule has 0 aliphatic carbocycles. The van der Waals surface area contributed by atoms with Gasteiger partial charge in [0.05, 0.1) is 10.3 Å². The predicted molar refractivity (Wildman–Crippen MR) is 77.7 cm³/mol. The lowest BCUT2D eigenvalue weighted by molar-refractivity contribution is -0.385. The van der Waals surface area contributed by atoms with E-state index in [1.807, 2.05) is 6.92 Å². The fourth-order valence-corrected chi connectivity index (χ4v) is 2.31. The molecule has 0 aliphatic rings. The number of carbonyl (C=O) groups excluding carboxylic acids is 1. The predicted octanol–water partition coefficient (Wildman–Crippen LogP) is 3.49. The first-order chi connectivity index (χ1) is 8.93. The smallest absolute Gasteiger partial charge is 0.271 e. The van der Waals surface area contributed by atoms with Gasteiger partial charge in [-0.2, -0.15) is 0 Å². The van der Waals surface area contributed by atoms with Gasteiger partial charge in [-0.15, -0.1) is 11.6 Å². The van der Waals surface area contributed by atoms with Crippen LogP contribution in [-0.2, 0) is 0 Å². The van der Waals surface area contributed by atoms with Gasteiger partial charge in [0.25, 0.3) is 11.6 Å². The number of alkyl halides is 1. The molecule has 0 heterocycles. The lowest BCUT2D eigenvalue weighted by atomic mass is 10.2. The molecule has 0 saturated heterocycles. The van der Waals surface area contributed by atoms with Crippen LogP contribution in [0.2, 0.25) is 0 Å². The van der Waals surface area contributed by atoms with Crippen molar-refractivity contribution in [3.63, 3.8) is 0 Å². The number of amides is 1. The lowest BCUT2D eigenvalue weighted by Gasteiger charge is -2.10. The number of hydrogen-bond acceptors (Lipinski definition) is 3. The highest BCUT2D eigenvalue weighted by molar-refractivity contribution is 9.10. The molecule has 0 aromatic heterocycles. The minimum absolute atomic E-state index is 0.129. The van der Waals surface area contributed by atoms with Gasteiger partial charge >= 0.3 is 0 Å². The summed E-state index contributed by atoms with van der Waals surface area (Å²) in [7, 11) is 0. The second kappa shape index (κ2) is 7.45. The summed E-state index contributed by atoms with van der Waals surface area (Å²) in [6.07, 6.45) is 1.74. The molecule has 1 unspecified atom stereocenters. The van der Waals surface area contributed by atoms with Crippen molar-refractivity contribution in [1.29, 1.82) is 0 Å². The van der Waals surface area contributed by atoms with Gasteiger partial charge in [-0.25, -0.2) is 0 Å². The number of non-ortho nitro benzene ring substituents is 1. The first-order valence-corrected chi connectivity index (χ1v) is 7.04. The molecule has 1 atom stereocenters. The second-order valence-electron chi connectivity index (χ2n) is 4.05. The molecule has 5 nitrogen and oxygen atoms in total. The van der Waals surface area contributed by atoms with Gasteiger partial charge < -0.3 is 5.32 Å². The standard InChI is InChI=1S/C12H14BrClN2O3/c1-2-3-10(14)7-15-12(17)8-4-9(13)6-11(5-8)16(18)19/h4-6,10H,2-3,7H2,1H3,(H,15,17). The summed E-state index contributed by atoms with van der Waals surface area (Å²) >= 11 is 9.14. The van der Waals surface area contributed by atoms with E-state index >= 15 is 0 Å². The molecule has 0 spiro atoms. The Kier molecular flexibility index (Phi) is 6.24. The minimum atomic E-state index is -0.539. The number of nitro benzene ring substituents is 1. The molecule has 0 aliphatic heterocycles. The van der Waals surface area contributed by atoms with Crippen molar-refractivity contribution in [3.05, 3.63) is 38.3 Å². The minimum Gasteiger partial charge on any atom is -0.351 e. The van der Waals surface area contributed by atoms with Gasteiger partial charge in [0.15, 0.2) is 0 Å². The first kappa shape index (κ1) is 15.9. The number of benzene rings is 1. The Morgan fingerprint density at radius 2 is 2.21 bits per heavy atom. The molecular weight excluding hydrogens is 336 g/mol. The maximum Gasteiger partial charge on any atom is 0.271 e.